The van der Waals surface area contributed by atoms with Gasteiger partial charge in [0.25, 0.3) is 0 Å². The number of benzene rings is 1. The quantitative estimate of drug-likeness (QED) is 0.710. The Bertz CT molecular complexity index is 811. The number of halogens is 1. The molecule has 0 bridgehead atoms. The molecular formula is C21H26FN3O2. The lowest BCUT2D eigenvalue weighted by atomic mass is 9.86. The Labute approximate surface area is 159 Å². The van der Waals surface area contributed by atoms with Crippen LogP contribution in [0.25, 0.3) is 0 Å². The molecule has 1 fully saturated rings. The summed E-state index contributed by atoms with van der Waals surface area (Å²) >= 11 is 0. The van der Waals surface area contributed by atoms with Gasteiger partial charge in [0.15, 0.2) is 0 Å². The lowest BCUT2D eigenvalue weighted by Crippen LogP contribution is -2.36. The van der Waals surface area contributed by atoms with E-state index in [1.807, 2.05) is 24.3 Å². The minimum Gasteiger partial charge on any atom is -0.437 e. The number of carbonyl (C=O) groups excluding carboxylic acids is 1. The Morgan fingerprint density at radius 3 is 2.56 bits per heavy atom. The Hall–Kier alpha value is -2.63. The van der Waals surface area contributed by atoms with Gasteiger partial charge in [0.1, 0.15) is 11.4 Å². The average molecular weight is 371 g/mol. The molecule has 0 spiro atoms. The predicted octanol–water partition coefficient (Wildman–Crippen LogP) is 5.37. The molecule has 0 radical (unpaired) electrons. The van der Waals surface area contributed by atoms with Gasteiger partial charge in [-0.1, -0.05) is 51.8 Å². The number of nitrogens with one attached hydrogen (secondary N) is 2. The van der Waals surface area contributed by atoms with Crippen LogP contribution >= 0.6 is 0 Å². The first-order valence-corrected chi connectivity index (χ1v) is 9.34. The van der Waals surface area contributed by atoms with E-state index in [-0.39, 0.29) is 23.4 Å². The third-order valence-corrected chi connectivity index (χ3v) is 4.67. The lowest BCUT2D eigenvalue weighted by molar-refractivity contribution is 0.248. The van der Waals surface area contributed by atoms with Gasteiger partial charge < -0.3 is 15.4 Å². The van der Waals surface area contributed by atoms with Crippen molar-refractivity contribution in [1.29, 1.82) is 0 Å². The molecule has 1 aliphatic rings. The van der Waals surface area contributed by atoms with Gasteiger partial charge in [-0.3, -0.25) is 0 Å². The van der Waals surface area contributed by atoms with Crippen molar-refractivity contribution in [2.75, 3.05) is 5.32 Å². The van der Waals surface area contributed by atoms with Crippen molar-refractivity contribution in [2.45, 2.75) is 57.9 Å². The second-order valence-electron chi connectivity index (χ2n) is 7.91. The minimum absolute atomic E-state index is 0.0354. The highest BCUT2D eigenvalue weighted by Gasteiger charge is 2.21. The minimum atomic E-state index is -0.667. The van der Waals surface area contributed by atoms with E-state index in [0.29, 0.717) is 11.4 Å². The van der Waals surface area contributed by atoms with Gasteiger partial charge in [-0.15, -0.1) is 0 Å². The number of aromatic nitrogens is 1. The third kappa shape index (κ3) is 4.96. The van der Waals surface area contributed by atoms with Gasteiger partial charge in [-0.2, -0.15) is 9.37 Å². The SMILES string of the molecule is CC(C)(C)c1ccccc1Oc1nc(F)ccc1NC(=O)NC1CCCC1. The predicted molar refractivity (Wildman–Crippen MR) is 104 cm³/mol. The first-order chi connectivity index (χ1) is 12.8. The normalized spacial score (nSPS) is 14.8. The Morgan fingerprint density at radius 1 is 1.15 bits per heavy atom. The van der Waals surface area contributed by atoms with E-state index in [2.05, 4.69) is 36.4 Å². The molecule has 0 saturated heterocycles. The molecule has 5 nitrogen and oxygen atoms in total. The summed E-state index contributed by atoms with van der Waals surface area (Å²) in [4.78, 5) is 16.1. The summed E-state index contributed by atoms with van der Waals surface area (Å²) in [6.45, 7) is 6.22. The first kappa shape index (κ1) is 19.1. The van der Waals surface area contributed by atoms with Crippen LogP contribution in [0, 0.1) is 5.95 Å². The van der Waals surface area contributed by atoms with Gasteiger partial charge in [0.05, 0.1) is 0 Å². The number of para-hydroxylation sites is 1. The molecule has 1 aliphatic carbocycles. The summed E-state index contributed by atoms with van der Waals surface area (Å²) < 4.78 is 19.7. The molecule has 1 heterocycles. The van der Waals surface area contributed by atoms with E-state index in [9.17, 15) is 9.18 Å². The molecule has 0 aliphatic heterocycles. The van der Waals surface area contributed by atoms with E-state index in [4.69, 9.17) is 4.74 Å². The molecule has 2 amide bonds. The summed E-state index contributed by atoms with van der Waals surface area (Å²) in [7, 11) is 0. The second kappa shape index (κ2) is 7.94. The maximum absolute atomic E-state index is 13.7. The summed E-state index contributed by atoms with van der Waals surface area (Å²) in [6, 6.07) is 10.1. The topological polar surface area (TPSA) is 63.2 Å². The number of ether oxygens (including phenoxy) is 1. The number of nitrogens with zero attached hydrogens (tertiary/aromatic N) is 1. The zero-order valence-corrected chi connectivity index (χ0v) is 16.0. The smallest absolute Gasteiger partial charge is 0.319 e. The molecule has 1 saturated carbocycles. The third-order valence-electron chi connectivity index (χ3n) is 4.67. The average Bonchev–Trinajstić information content (AvgIpc) is 3.10. The molecule has 27 heavy (non-hydrogen) atoms. The van der Waals surface area contributed by atoms with Crippen molar-refractivity contribution >= 4 is 11.7 Å². The van der Waals surface area contributed by atoms with E-state index in [1.165, 1.54) is 12.1 Å². The van der Waals surface area contributed by atoms with Gasteiger partial charge in [0, 0.05) is 11.6 Å². The van der Waals surface area contributed by atoms with Gasteiger partial charge in [-0.25, -0.2) is 4.79 Å². The molecule has 3 rings (SSSR count). The maximum atomic E-state index is 13.7. The van der Waals surface area contributed by atoms with Crippen LogP contribution in [0.2, 0.25) is 0 Å². The summed E-state index contributed by atoms with van der Waals surface area (Å²) in [5.74, 6) is -0.0457. The summed E-state index contributed by atoms with van der Waals surface area (Å²) in [6.07, 6.45) is 4.22. The van der Waals surface area contributed by atoms with Gasteiger partial charge in [0.2, 0.25) is 11.8 Å². The number of urea groups is 1. The fraction of sp³-hybridized carbons (Fsp3) is 0.429. The van der Waals surface area contributed by atoms with Crippen molar-refractivity contribution in [3.05, 3.63) is 47.9 Å². The fourth-order valence-electron chi connectivity index (χ4n) is 3.28. The van der Waals surface area contributed by atoms with Crippen molar-refractivity contribution in [1.82, 2.24) is 10.3 Å². The lowest BCUT2D eigenvalue weighted by Gasteiger charge is -2.23. The Morgan fingerprint density at radius 2 is 1.85 bits per heavy atom. The molecule has 144 valence electrons. The number of hydrogen-bond acceptors (Lipinski definition) is 3. The number of hydrogen-bond donors (Lipinski definition) is 2. The molecule has 2 N–H and O–H groups in total. The molecular weight excluding hydrogens is 345 g/mol. The first-order valence-electron chi connectivity index (χ1n) is 9.34. The summed E-state index contributed by atoms with van der Waals surface area (Å²) in [5.41, 5.74) is 1.14. The van der Waals surface area contributed by atoms with Crippen molar-refractivity contribution < 1.29 is 13.9 Å². The number of carbonyl (C=O) groups is 1. The van der Waals surface area contributed by atoms with Crippen LogP contribution in [0.5, 0.6) is 11.6 Å². The molecule has 6 heteroatoms. The van der Waals surface area contributed by atoms with Crippen molar-refractivity contribution in [3.8, 4) is 11.6 Å². The molecule has 1 aromatic carbocycles. The molecule has 0 atom stereocenters. The van der Waals surface area contributed by atoms with Crippen LogP contribution in [0.15, 0.2) is 36.4 Å². The highest BCUT2D eigenvalue weighted by molar-refractivity contribution is 5.90. The van der Waals surface area contributed by atoms with Crippen LogP contribution in [0.1, 0.15) is 52.0 Å². The van der Waals surface area contributed by atoms with Gasteiger partial charge in [-0.05, 0) is 36.5 Å². The zero-order valence-electron chi connectivity index (χ0n) is 16.0. The number of rotatable bonds is 4. The van der Waals surface area contributed by atoms with E-state index in [1.54, 1.807) is 0 Å². The Kier molecular flexibility index (Phi) is 5.63. The van der Waals surface area contributed by atoms with Crippen LogP contribution in [-0.2, 0) is 5.41 Å². The van der Waals surface area contributed by atoms with Crippen molar-refractivity contribution in [2.24, 2.45) is 0 Å². The standard InChI is InChI=1S/C21H26FN3O2/c1-21(2,3)15-10-6-7-11-17(15)27-19-16(12-13-18(22)25-19)24-20(26)23-14-8-4-5-9-14/h6-7,10-14H,4-5,8-9H2,1-3H3,(H2,23,24,26). The fourth-order valence-corrected chi connectivity index (χ4v) is 3.28. The number of anilines is 1. The monoisotopic (exact) mass is 371 g/mol. The summed E-state index contributed by atoms with van der Waals surface area (Å²) in [5, 5.41) is 5.68. The van der Waals surface area contributed by atoms with E-state index >= 15 is 0 Å². The van der Waals surface area contributed by atoms with E-state index in [0.717, 1.165) is 31.2 Å². The van der Waals surface area contributed by atoms with Crippen LogP contribution in [0.4, 0.5) is 14.9 Å². The highest BCUT2D eigenvalue weighted by Crippen LogP contribution is 2.35. The van der Waals surface area contributed by atoms with Crippen LogP contribution in [-0.4, -0.2) is 17.1 Å². The van der Waals surface area contributed by atoms with Crippen LogP contribution < -0.4 is 15.4 Å². The maximum Gasteiger partial charge on any atom is 0.319 e. The second-order valence-corrected chi connectivity index (χ2v) is 7.91. The highest BCUT2D eigenvalue weighted by atomic mass is 19.1. The number of amides is 2. The molecule has 2 aromatic rings. The van der Waals surface area contributed by atoms with Crippen LogP contribution in [0.3, 0.4) is 0 Å². The van der Waals surface area contributed by atoms with Crippen molar-refractivity contribution in [3.63, 3.8) is 0 Å². The molecule has 0 unspecified atom stereocenters. The van der Waals surface area contributed by atoms with E-state index < -0.39 is 5.95 Å². The van der Waals surface area contributed by atoms with Gasteiger partial charge >= 0.3 is 6.03 Å². The number of pyridine rings is 1. The Balaban J connectivity index is 1.82. The molecule has 1 aromatic heterocycles. The zero-order chi connectivity index (χ0) is 19.4. The largest absolute Gasteiger partial charge is 0.437 e.